The first kappa shape index (κ1) is 9.47. The van der Waals surface area contributed by atoms with Crippen molar-refractivity contribution in [1.29, 1.82) is 0 Å². The molecular formula is C9H10N4O2. The molecule has 6 nitrogen and oxygen atoms in total. The highest BCUT2D eigenvalue weighted by molar-refractivity contribution is 5.31. The van der Waals surface area contributed by atoms with Crippen LogP contribution in [0.25, 0.3) is 0 Å². The molecule has 0 saturated carbocycles. The molecule has 0 bridgehead atoms. The second-order valence-electron chi connectivity index (χ2n) is 2.75. The van der Waals surface area contributed by atoms with Crippen molar-refractivity contribution in [1.82, 2.24) is 9.97 Å². The first-order valence-electron chi connectivity index (χ1n) is 4.32. The Hall–Kier alpha value is -2.08. The Bertz CT molecular complexity index is 416. The van der Waals surface area contributed by atoms with Crippen molar-refractivity contribution >= 4 is 5.82 Å². The normalized spacial score (nSPS) is 9.93. The molecule has 0 radical (unpaired) electrons. The van der Waals surface area contributed by atoms with E-state index in [1.54, 1.807) is 12.3 Å². The van der Waals surface area contributed by atoms with Crippen LogP contribution < -0.4 is 16.0 Å². The Kier molecular flexibility index (Phi) is 2.80. The Labute approximate surface area is 86.1 Å². The quantitative estimate of drug-likeness (QED) is 0.571. The fraction of sp³-hybridized carbons (Fsp3) is 0.111. The zero-order valence-electron chi connectivity index (χ0n) is 7.88. The number of aromatic nitrogens is 2. The average molecular weight is 206 g/mol. The van der Waals surface area contributed by atoms with E-state index in [0.717, 1.165) is 5.76 Å². The molecule has 0 fully saturated rings. The van der Waals surface area contributed by atoms with Crippen molar-refractivity contribution in [3.8, 4) is 5.88 Å². The number of furan rings is 1. The van der Waals surface area contributed by atoms with Gasteiger partial charge in [-0.15, -0.1) is 0 Å². The van der Waals surface area contributed by atoms with Gasteiger partial charge in [-0.05, 0) is 12.1 Å². The number of hydrogen-bond donors (Lipinski definition) is 2. The van der Waals surface area contributed by atoms with E-state index in [1.165, 1.54) is 12.4 Å². The first-order chi connectivity index (χ1) is 7.38. The molecule has 0 saturated heterocycles. The van der Waals surface area contributed by atoms with Gasteiger partial charge in [0.05, 0.1) is 18.7 Å². The lowest BCUT2D eigenvalue weighted by Crippen LogP contribution is -2.09. The molecule has 0 amide bonds. The summed E-state index contributed by atoms with van der Waals surface area (Å²) in [6.07, 6.45) is 4.59. The predicted octanol–water partition coefficient (Wildman–Crippen LogP) is 0.934. The van der Waals surface area contributed by atoms with E-state index < -0.39 is 0 Å². The molecule has 0 aromatic carbocycles. The minimum Gasteiger partial charge on any atom is -0.468 e. The maximum Gasteiger partial charge on any atom is 0.234 e. The van der Waals surface area contributed by atoms with Crippen LogP contribution in [0.1, 0.15) is 5.76 Å². The molecule has 2 heterocycles. The zero-order valence-corrected chi connectivity index (χ0v) is 7.88. The molecule has 0 aliphatic rings. The molecule has 0 unspecified atom stereocenters. The van der Waals surface area contributed by atoms with E-state index >= 15 is 0 Å². The lowest BCUT2D eigenvalue weighted by molar-refractivity contribution is 0.260. The highest BCUT2D eigenvalue weighted by Gasteiger charge is 2.00. The molecular weight excluding hydrogens is 196 g/mol. The number of anilines is 1. The lowest BCUT2D eigenvalue weighted by atomic mass is 10.5. The standard InChI is InChI=1S/C9H10N4O2/c10-13-8-4-11-5-9(12-8)15-6-7-2-1-3-14-7/h1-5H,6,10H2,(H,12,13). The molecule has 0 spiro atoms. The number of hydrazine groups is 1. The van der Waals surface area contributed by atoms with Crippen LogP contribution >= 0.6 is 0 Å². The Morgan fingerprint density at radius 3 is 3.13 bits per heavy atom. The summed E-state index contributed by atoms with van der Waals surface area (Å²) in [6, 6.07) is 3.61. The van der Waals surface area contributed by atoms with E-state index in [0.29, 0.717) is 18.3 Å². The van der Waals surface area contributed by atoms with Gasteiger partial charge in [-0.1, -0.05) is 0 Å². The van der Waals surface area contributed by atoms with Crippen molar-refractivity contribution < 1.29 is 9.15 Å². The second-order valence-corrected chi connectivity index (χ2v) is 2.75. The molecule has 15 heavy (non-hydrogen) atoms. The molecule has 0 aliphatic carbocycles. The summed E-state index contributed by atoms with van der Waals surface area (Å²) in [5.41, 5.74) is 2.38. The molecule has 0 atom stereocenters. The summed E-state index contributed by atoms with van der Waals surface area (Å²) in [4.78, 5) is 7.92. The van der Waals surface area contributed by atoms with Crippen LogP contribution in [0, 0.1) is 0 Å². The van der Waals surface area contributed by atoms with Crippen molar-refractivity contribution in [2.45, 2.75) is 6.61 Å². The minimum absolute atomic E-state index is 0.315. The Morgan fingerprint density at radius 2 is 2.40 bits per heavy atom. The van der Waals surface area contributed by atoms with Crippen LogP contribution in [0.15, 0.2) is 35.2 Å². The smallest absolute Gasteiger partial charge is 0.234 e. The number of nitrogens with two attached hydrogens (primary N) is 1. The van der Waals surface area contributed by atoms with Crippen LogP contribution in [-0.2, 0) is 6.61 Å². The Morgan fingerprint density at radius 1 is 1.47 bits per heavy atom. The molecule has 78 valence electrons. The zero-order chi connectivity index (χ0) is 10.5. The molecule has 2 rings (SSSR count). The third-order valence-corrected chi connectivity index (χ3v) is 1.70. The number of nitrogen functional groups attached to an aromatic ring is 1. The summed E-state index contributed by atoms with van der Waals surface area (Å²) >= 11 is 0. The predicted molar refractivity (Wildman–Crippen MR) is 52.9 cm³/mol. The van der Waals surface area contributed by atoms with Gasteiger partial charge in [0.15, 0.2) is 5.82 Å². The number of nitrogens with zero attached hydrogens (tertiary/aromatic N) is 2. The van der Waals surface area contributed by atoms with Gasteiger partial charge in [-0.2, -0.15) is 4.98 Å². The van der Waals surface area contributed by atoms with Crippen LogP contribution in [0.5, 0.6) is 5.88 Å². The minimum atomic E-state index is 0.315. The summed E-state index contributed by atoms with van der Waals surface area (Å²) in [6.45, 7) is 0.315. The van der Waals surface area contributed by atoms with Crippen LogP contribution in [-0.4, -0.2) is 9.97 Å². The van der Waals surface area contributed by atoms with Crippen LogP contribution in [0.4, 0.5) is 5.82 Å². The second kappa shape index (κ2) is 4.43. The topological polar surface area (TPSA) is 86.2 Å². The van der Waals surface area contributed by atoms with Crippen LogP contribution in [0.3, 0.4) is 0 Å². The fourth-order valence-corrected chi connectivity index (χ4v) is 1.03. The van der Waals surface area contributed by atoms with Crippen molar-refractivity contribution in [2.24, 2.45) is 5.84 Å². The monoisotopic (exact) mass is 206 g/mol. The molecule has 0 aliphatic heterocycles. The van der Waals surface area contributed by atoms with Gasteiger partial charge < -0.3 is 14.6 Å². The summed E-state index contributed by atoms with van der Waals surface area (Å²) in [5, 5.41) is 0. The van der Waals surface area contributed by atoms with Gasteiger partial charge in [-0.3, -0.25) is 4.98 Å². The molecule has 3 N–H and O–H groups in total. The average Bonchev–Trinajstić information content (AvgIpc) is 2.79. The summed E-state index contributed by atoms with van der Waals surface area (Å²) in [7, 11) is 0. The third kappa shape index (κ3) is 2.44. The van der Waals surface area contributed by atoms with Crippen molar-refractivity contribution in [3.63, 3.8) is 0 Å². The number of rotatable bonds is 4. The fourth-order valence-electron chi connectivity index (χ4n) is 1.03. The maximum atomic E-state index is 5.33. The molecule has 6 heteroatoms. The first-order valence-corrected chi connectivity index (χ1v) is 4.32. The Balaban J connectivity index is 1.98. The van der Waals surface area contributed by atoms with E-state index in [-0.39, 0.29) is 0 Å². The number of ether oxygens (including phenoxy) is 1. The van der Waals surface area contributed by atoms with Crippen molar-refractivity contribution in [3.05, 3.63) is 36.5 Å². The number of nitrogens with one attached hydrogen (secondary N) is 1. The third-order valence-electron chi connectivity index (χ3n) is 1.70. The lowest BCUT2D eigenvalue weighted by Gasteiger charge is -2.03. The van der Waals surface area contributed by atoms with Gasteiger partial charge in [0, 0.05) is 0 Å². The van der Waals surface area contributed by atoms with Gasteiger partial charge in [-0.25, -0.2) is 5.84 Å². The van der Waals surface area contributed by atoms with E-state index in [2.05, 4.69) is 15.4 Å². The van der Waals surface area contributed by atoms with E-state index in [1.807, 2.05) is 6.07 Å². The molecule has 2 aromatic heterocycles. The largest absolute Gasteiger partial charge is 0.468 e. The maximum absolute atomic E-state index is 5.33. The van der Waals surface area contributed by atoms with Gasteiger partial charge in [0.25, 0.3) is 0 Å². The van der Waals surface area contributed by atoms with E-state index in [9.17, 15) is 0 Å². The number of hydrogen-bond acceptors (Lipinski definition) is 6. The van der Waals surface area contributed by atoms with Gasteiger partial charge >= 0.3 is 0 Å². The summed E-state index contributed by atoms with van der Waals surface area (Å²) in [5.74, 6) is 6.75. The van der Waals surface area contributed by atoms with Crippen LogP contribution in [0.2, 0.25) is 0 Å². The molecule has 2 aromatic rings. The van der Waals surface area contributed by atoms with Crippen molar-refractivity contribution in [2.75, 3.05) is 5.43 Å². The van der Waals surface area contributed by atoms with Gasteiger partial charge in [0.1, 0.15) is 12.4 Å². The van der Waals surface area contributed by atoms with E-state index in [4.69, 9.17) is 15.0 Å². The highest BCUT2D eigenvalue weighted by Crippen LogP contribution is 2.10. The van der Waals surface area contributed by atoms with Gasteiger partial charge in [0.2, 0.25) is 5.88 Å². The highest BCUT2D eigenvalue weighted by atomic mass is 16.5. The summed E-state index contributed by atoms with van der Waals surface area (Å²) < 4.78 is 10.4. The SMILES string of the molecule is NNc1cncc(OCc2ccco2)n1.